The van der Waals surface area contributed by atoms with Crippen LogP contribution in [0.2, 0.25) is 0 Å². The molecule has 110 valence electrons. The third-order valence-electron chi connectivity index (χ3n) is 3.49. The predicted molar refractivity (Wildman–Crippen MR) is 92.5 cm³/mol. The Morgan fingerprint density at radius 2 is 1.59 bits per heavy atom. The normalized spacial score (nSPS) is 11.8. The van der Waals surface area contributed by atoms with Crippen molar-refractivity contribution < 1.29 is 4.79 Å². The lowest BCUT2D eigenvalue weighted by molar-refractivity contribution is 0.0977. The molecule has 3 rings (SSSR count). The second-order valence-electron chi connectivity index (χ2n) is 5.07. The highest BCUT2D eigenvalue weighted by atomic mass is 32.1. The first-order valence-electron chi connectivity index (χ1n) is 7.26. The highest BCUT2D eigenvalue weighted by Gasteiger charge is 2.18. The van der Waals surface area contributed by atoms with Gasteiger partial charge in [-0.3, -0.25) is 4.79 Å². The number of anilines is 1. The van der Waals surface area contributed by atoms with Crippen LogP contribution in [0.15, 0.2) is 78.2 Å². The summed E-state index contributed by atoms with van der Waals surface area (Å²) in [6, 6.07) is 23.6. The smallest absolute Gasteiger partial charge is 0.165 e. The average Bonchev–Trinajstić information content (AvgIpc) is 3.10. The van der Waals surface area contributed by atoms with Crippen molar-refractivity contribution in [2.45, 2.75) is 12.5 Å². The van der Waals surface area contributed by atoms with Gasteiger partial charge in [0.05, 0.1) is 6.04 Å². The molecule has 1 heterocycles. The molecule has 3 aromatic rings. The molecule has 0 aliphatic carbocycles. The maximum atomic E-state index is 12.5. The number of benzene rings is 2. The number of hydrogen-bond acceptors (Lipinski definition) is 3. The van der Waals surface area contributed by atoms with Crippen LogP contribution in [0.25, 0.3) is 0 Å². The van der Waals surface area contributed by atoms with Crippen LogP contribution in [0, 0.1) is 0 Å². The van der Waals surface area contributed by atoms with Crippen LogP contribution in [-0.4, -0.2) is 5.78 Å². The van der Waals surface area contributed by atoms with Crippen LogP contribution < -0.4 is 5.32 Å². The molecule has 0 aliphatic rings. The van der Waals surface area contributed by atoms with Crippen LogP contribution in [0.4, 0.5) is 5.69 Å². The molecule has 0 radical (unpaired) electrons. The Labute approximate surface area is 134 Å². The van der Waals surface area contributed by atoms with Gasteiger partial charge < -0.3 is 5.32 Å². The maximum absolute atomic E-state index is 12.5. The summed E-state index contributed by atoms with van der Waals surface area (Å²) in [4.78, 5) is 13.7. The Hall–Kier alpha value is -2.39. The second-order valence-corrected chi connectivity index (χ2v) is 6.05. The summed E-state index contributed by atoms with van der Waals surface area (Å²) in [7, 11) is 0. The number of nitrogens with one attached hydrogen (secondary N) is 1. The fourth-order valence-electron chi connectivity index (χ4n) is 2.38. The van der Waals surface area contributed by atoms with Gasteiger partial charge in [0, 0.05) is 22.5 Å². The van der Waals surface area contributed by atoms with Gasteiger partial charge in [0.25, 0.3) is 0 Å². The van der Waals surface area contributed by atoms with Crippen molar-refractivity contribution in [3.63, 3.8) is 0 Å². The summed E-state index contributed by atoms with van der Waals surface area (Å²) in [5.41, 5.74) is 1.79. The predicted octanol–water partition coefficient (Wildman–Crippen LogP) is 5.17. The molecule has 0 unspecified atom stereocenters. The van der Waals surface area contributed by atoms with Crippen molar-refractivity contribution >= 4 is 22.8 Å². The zero-order chi connectivity index (χ0) is 15.2. The Kier molecular flexibility index (Phi) is 4.66. The Morgan fingerprint density at radius 3 is 2.23 bits per heavy atom. The number of thiophene rings is 1. The molecule has 0 spiro atoms. The van der Waals surface area contributed by atoms with Gasteiger partial charge in [-0.15, -0.1) is 11.3 Å². The maximum Gasteiger partial charge on any atom is 0.165 e. The van der Waals surface area contributed by atoms with E-state index < -0.39 is 0 Å². The molecule has 2 nitrogen and oxygen atoms in total. The second kappa shape index (κ2) is 7.05. The fourth-order valence-corrected chi connectivity index (χ4v) is 3.15. The third-order valence-corrected chi connectivity index (χ3v) is 4.47. The molecule has 0 amide bonds. The highest BCUT2D eigenvalue weighted by molar-refractivity contribution is 7.10. The lowest BCUT2D eigenvalue weighted by atomic mass is 10.0. The van der Waals surface area contributed by atoms with Crippen LogP contribution in [-0.2, 0) is 0 Å². The summed E-state index contributed by atoms with van der Waals surface area (Å²) >= 11 is 1.67. The minimum Gasteiger partial charge on any atom is -0.377 e. The fraction of sp³-hybridized carbons (Fsp3) is 0.105. The van der Waals surface area contributed by atoms with Crippen molar-refractivity contribution in [1.29, 1.82) is 0 Å². The minimum absolute atomic E-state index is 0.00453. The van der Waals surface area contributed by atoms with Crippen LogP contribution in [0.5, 0.6) is 0 Å². The number of carbonyl (C=O) groups excluding carboxylic acids is 1. The van der Waals surface area contributed by atoms with E-state index in [1.165, 1.54) is 4.88 Å². The Balaban J connectivity index is 1.79. The summed E-state index contributed by atoms with van der Waals surface area (Å²) in [5.74, 6) is 0.155. The van der Waals surface area contributed by atoms with Crippen LogP contribution in [0.1, 0.15) is 27.7 Å². The molecule has 0 saturated carbocycles. The minimum atomic E-state index is -0.00453. The zero-order valence-corrected chi connectivity index (χ0v) is 12.9. The zero-order valence-electron chi connectivity index (χ0n) is 12.1. The summed E-state index contributed by atoms with van der Waals surface area (Å²) < 4.78 is 0. The van der Waals surface area contributed by atoms with Gasteiger partial charge in [-0.1, -0.05) is 54.6 Å². The number of para-hydroxylation sites is 1. The largest absolute Gasteiger partial charge is 0.377 e. The molecule has 0 bridgehead atoms. The molecular formula is C19H17NOS. The van der Waals surface area contributed by atoms with E-state index in [1.807, 2.05) is 72.1 Å². The molecule has 1 aromatic heterocycles. The van der Waals surface area contributed by atoms with E-state index in [0.29, 0.717) is 6.42 Å². The van der Waals surface area contributed by atoms with Crippen LogP contribution in [0.3, 0.4) is 0 Å². The first-order valence-corrected chi connectivity index (χ1v) is 8.14. The molecule has 22 heavy (non-hydrogen) atoms. The Bertz CT molecular complexity index is 708. The standard InChI is InChI=1S/C19H17NOS/c21-18(15-8-3-1-4-9-15)14-17(19-12-7-13-22-19)20-16-10-5-2-6-11-16/h1-13,17,20H,14H2/t17-/m1/s1. The molecule has 0 saturated heterocycles. The van der Waals surface area contributed by atoms with E-state index in [9.17, 15) is 4.79 Å². The van der Waals surface area contributed by atoms with Crippen molar-refractivity contribution in [2.75, 3.05) is 5.32 Å². The van der Waals surface area contributed by atoms with Gasteiger partial charge >= 0.3 is 0 Å². The van der Waals surface area contributed by atoms with Gasteiger partial charge in [0.15, 0.2) is 5.78 Å². The number of hydrogen-bond donors (Lipinski definition) is 1. The van der Waals surface area contributed by atoms with Crippen molar-refractivity contribution in [2.24, 2.45) is 0 Å². The first-order chi connectivity index (χ1) is 10.8. The topological polar surface area (TPSA) is 29.1 Å². The van der Waals surface area contributed by atoms with E-state index in [1.54, 1.807) is 11.3 Å². The number of carbonyl (C=O) groups is 1. The van der Waals surface area contributed by atoms with Crippen LogP contribution >= 0.6 is 11.3 Å². The third kappa shape index (κ3) is 3.62. The van der Waals surface area contributed by atoms with Gasteiger partial charge in [0.2, 0.25) is 0 Å². The number of Topliss-reactive ketones (excluding diaryl/α,β-unsaturated/α-hetero) is 1. The van der Waals surface area contributed by atoms with E-state index in [0.717, 1.165) is 11.3 Å². The molecule has 1 atom stereocenters. The van der Waals surface area contributed by atoms with Crippen molar-refractivity contribution in [3.05, 3.63) is 88.6 Å². The quantitative estimate of drug-likeness (QED) is 0.636. The monoisotopic (exact) mass is 307 g/mol. The lowest BCUT2D eigenvalue weighted by Gasteiger charge is -2.18. The SMILES string of the molecule is O=C(C[C@@H](Nc1ccccc1)c1cccs1)c1ccccc1. The van der Waals surface area contributed by atoms with E-state index >= 15 is 0 Å². The molecule has 2 aromatic carbocycles. The van der Waals surface area contributed by atoms with Crippen molar-refractivity contribution in [1.82, 2.24) is 0 Å². The molecule has 0 fully saturated rings. The lowest BCUT2D eigenvalue weighted by Crippen LogP contribution is -2.14. The molecule has 0 aliphatic heterocycles. The summed E-state index contributed by atoms with van der Waals surface area (Å²) in [5, 5.41) is 5.52. The van der Waals surface area contributed by atoms with Gasteiger partial charge in [-0.25, -0.2) is 0 Å². The summed E-state index contributed by atoms with van der Waals surface area (Å²) in [6.07, 6.45) is 0.444. The average molecular weight is 307 g/mol. The van der Waals surface area contributed by atoms with Gasteiger partial charge in [0.1, 0.15) is 0 Å². The van der Waals surface area contributed by atoms with Gasteiger partial charge in [-0.05, 0) is 23.6 Å². The molecule has 1 N–H and O–H groups in total. The van der Waals surface area contributed by atoms with Gasteiger partial charge in [-0.2, -0.15) is 0 Å². The highest BCUT2D eigenvalue weighted by Crippen LogP contribution is 2.27. The van der Waals surface area contributed by atoms with E-state index in [-0.39, 0.29) is 11.8 Å². The molecular weight excluding hydrogens is 290 g/mol. The van der Waals surface area contributed by atoms with E-state index in [2.05, 4.69) is 11.4 Å². The first kappa shape index (κ1) is 14.5. The number of ketones is 1. The van der Waals surface area contributed by atoms with Crippen molar-refractivity contribution in [3.8, 4) is 0 Å². The molecule has 3 heteroatoms. The van der Waals surface area contributed by atoms with E-state index in [4.69, 9.17) is 0 Å². The summed E-state index contributed by atoms with van der Waals surface area (Å²) in [6.45, 7) is 0. The number of rotatable bonds is 6. The Morgan fingerprint density at radius 1 is 0.909 bits per heavy atom.